The Morgan fingerprint density at radius 3 is 2.41 bits per heavy atom. The van der Waals surface area contributed by atoms with E-state index in [1.807, 2.05) is 0 Å². The summed E-state index contributed by atoms with van der Waals surface area (Å²) in [6, 6.07) is 10.8. The summed E-state index contributed by atoms with van der Waals surface area (Å²) < 4.78 is 0. The fourth-order valence-electron chi connectivity index (χ4n) is 2.39. The highest BCUT2D eigenvalue weighted by atomic mass is 15.4. The van der Waals surface area contributed by atoms with E-state index in [0.29, 0.717) is 0 Å². The second-order valence-corrected chi connectivity index (χ2v) is 5.97. The molecule has 1 aliphatic heterocycles. The lowest BCUT2D eigenvalue weighted by molar-refractivity contribution is 0.0171. The molecule has 0 aromatic heterocycles. The normalized spacial score (nSPS) is 19.5. The van der Waals surface area contributed by atoms with Crippen molar-refractivity contribution in [2.75, 3.05) is 19.8 Å². The lowest BCUT2D eigenvalue weighted by Crippen LogP contribution is -2.52. The third kappa shape index (κ3) is 3.55. The highest BCUT2D eigenvalue weighted by molar-refractivity contribution is 5.14. The molecule has 0 aliphatic carbocycles. The summed E-state index contributed by atoms with van der Waals surface area (Å²) >= 11 is 0. The van der Waals surface area contributed by atoms with Crippen LogP contribution in [0.5, 0.6) is 0 Å². The van der Waals surface area contributed by atoms with E-state index in [2.05, 4.69) is 60.9 Å². The van der Waals surface area contributed by atoms with Crippen molar-refractivity contribution in [3.05, 3.63) is 35.9 Å². The van der Waals surface area contributed by atoms with Gasteiger partial charge in [0.1, 0.15) is 0 Å². The topological polar surface area (TPSA) is 6.48 Å². The molecule has 1 aliphatic rings. The van der Waals surface area contributed by atoms with E-state index < -0.39 is 0 Å². The van der Waals surface area contributed by atoms with Crippen LogP contribution in [-0.2, 0) is 6.54 Å². The summed E-state index contributed by atoms with van der Waals surface area (Å²) in [4.78, 5) is 5.11. The number of nitrogens with zero attached hydrogens (tertiary/aromatic N) is 2. The zero-order chi connectivity index (χ0) is 12.3. The summed E-state index contributed by atoms with van der Waals surface area (Å²) in [5.74, 6) is 0. The standard InChI is InChI=1S/C15H24N2/c1-15(2,3)17-11-7-10-16(13-17)12-14-8-5-4-6-9-14/h4-6,8-9H,7,10-13H2,1-3H3. The largest absolute Gasteiger partial charge is 0.286 e. The Balaban J connectivity index is 1.94. The zero-order valence-electron chi connectivity index (χ0n) is 11.3. The van der Waals surface area contributed by atoms with Crippen molar-refractivity contribution >= 4 is 0 Å². The first-order chi connectivity index (χ1) is 8.05. The molecule has 0 amide bonds. The molecule has 1 aromatic rings. The van der Waals surface area contributed by atoms with Crippen molar-refractivity contribution in [3.63, 3.8) is 0 Å². The molecule has 1 fully saturated rings. The Kier molecular flexibility index (Phi) is 3.85. The van der Waals surface area contributed by atoms with Gasteiger partial charge < -0.3 is 0 Å². The summed E-state index contributed by atoms with van der Waals surface area (Å²) in [6.45, 7) is 11.5. The Morgan fingerprint density at radius 1 is 1.06 bits per heavy atom. The van der Waals surface area contributed by atoms with E-state index in [4.69, 9.17) is 0 Å². The SMILES string of the molecule is CC(C)(C)N1CCCN(Cc2ccccc2)C1. The minimum absolute atomic E-state index is 0.287. The molecule has 0 N–H and O–H groups in total. The highest BCUT2D eigenvalue weighted by Gasteiger charge is 2.26. The highest BCUT2D eigenvalue weighted by Crippen LogP contribution is 2.19. The van der Waals surface area contributed by atoms with E-state index in [1.54, 1.807) is 0 Å². The molecule has 0 atom stereocenters. The van der Waals surface area contributed by atoms with Crippen LogP contribution in [0, 0.1) is 0 Å². The molecular weight excluding hydrogens is 208 g/mol. The number of benzene rings is 1. The molecule has 1 aromatic carbocycles. The smallest absolute Gasteiger partial charge is 0.0514 e. The molecule has 0 radical (unpaired) electrons. The maximum Gasteiger partial charge on any atom is 0.0514 e. The number of rotatable bonds is 2. The lowest BCUT2D eigenvalue weighted by Gasteiger charge is -2.43. The molecule has 0 spiro atoms. The van der Waals surface area contributed by atoms with Gasteiger partial charge in [-0.2, -0.15) is 0 Å². The maximum absolute atomic E-state index is 2.57. The molecule has 1 saturated heterocycles. The van der Waals surface area contributed by atoms with Crippen molar-refractivity contribution in [1.29, 1.82) is 0 Å². The van der Waals surface area contributed by atoms with Gasteiger partial charge in [-0.3, -0.25) is 9.80 Å². The number of hydrogen-bond donors (Lipinski definition) is 0. The van der Waals surface area contributed by atoms with Gasteiger partial charge >= 0.3 is 0 Å². The Morgan fingerprint density at radius 2 is 1.76 bits per heavy atom. The van der Waals surface area contributed by atoms with Crippen LogP contribution >= 0.6 is 0 Å². The van der Waals surface area contributed by atoms with Gasteiger partial charge in [0.2, 0.25) is 0 Å². The molecule has 17 heavy (non-hydrogen) atoms. The van der Waals surface area contributed by atoms with E-state index in [1.165, 1.54) is 25.1 Å². The molecule has 2 heteroatoms. The third-order valence-electron chi connectivity index (χ3n) is 3.47. The molecule has 1 heterocycles. The predicted molar refractivity (Wildman–Crippen MR) is 72.8 cm³/mol. The third-order valence-corrected chi connectivity index (χ3v) is 3.47. The van der Waals surface area contributed by atoms with E-state index in [-0.39, 0.29) is 5.54 Å². The van der Waals surface area contributed by atoms with Crippen LogP contribution in [0.4, 0.5) is 0 Å². The average molecular weight is 232 g/mol. The molecule has 0 unspecified atom stereocenters. The minimum atomic E-state index is 0.287. The lowest BCUT2D eigenvalue weighted by atomic mass is 10.0. The fraction of sp³-hybridized carbons (Fsp3) is 0.600. The van der Waals surface area contributed by atoms with Gasteiger partial charge in [0.05, 0.1) is 6.67 Å². The van der Waals surface area contributed by atoms with Crippen LogP contribution in [0.1, 0.15) is 32.8 Å². The Hall–Kier alpha value is -0.860. The zero-order valence-corrected chi connectivity index (χ0v) is 11.3. The monoisotopic (exact) mass is 232 g/mol. The average Bonchev–Trinajstić information content (AvgIpc) is 2.29. The number of hydrogen-bond acceptors (Lipinski definition) is 2. The van der Waals surface area contributed by atoms with E-state index in [9.17, 15) is 0 Å². The quantitative estimate of drug-likeness (QED) is 0.773. The van der Waals surface area contributed by atoms with Crippen LogP contribution in [0.25, 0.3) is 0 Å². The first-order valence-electron chi connectivity index (χ1n) is 6.57. The van der Waals surface area contributed by atoms with Gasteiger partial charge in [-0.15, -0.1) is 0 Å². The summed E-state index contributed by atoms with van der Waals surface area (Å²) in [7, 11) is 0. The van der Waals surface area contributed by atoms with Gasteiger partial charge in [0.25, 0.3) is 0 Å². The van der Waals surface area contributed by atoms with Crippen molar-refractivity contribution in [3.8, 4) is 0 Å². The molecule has 94 valence electrons. The van der Waals surface area contributed by atoms with Gasteiger partial charge in [-0.1, -0.05) is 30.3 Å². The maximum atomic E-state index is 2.57. The molecule has 0 saturated carbocycles. The van der Waals surface area contributed by atoms with Crippen molar-refractivity contribution < 1.29 is 0 Å². The first-order valence-corrected chi connectivity index (χ1v) is 6.57. The fourth-order valence-corrected chi connectivity index (χ4v) is 2.39. The van der Waals surface area contributed by atoms with Crippen LogP contribution < -0.4 is 0 Å². The molecule has 2 nitrogen and oxygen atoms in total. The summed E-state index contributed by atoms with van der Waals surface area (Å²) in [6.07, 6.45) is 1.28. The van der Waals surface area contributed by atoms with E-state index in [0.717, 1.165) is 13.2 Å². The van der Waals surface area contributed by atoms with Gasteiger partial charge in [0.15, 0.2) is 0 Å². The van der Waals surface area contributed by atoms with Crippen LogP contribution in [0.2, 0.25) is 0 Å². The molecular formula is C15H24N2. The molecule has 2 rings (SSSR count). The second kappa shape index (κ2) is 5.19. The van der Waals surface area contributed by atoms with Crippen molar-refractivity contribution in [1.82, 2.24) is 9.80 Å². The Labute approximate surface area is 105 Å². The van der Waals surface area contributed by atoms with Crippen LogP contribution in [-0.4, -0.2) is 35.1 Å². The van der Waals surface area contributed by atoms with Crippen LogP contribution in [0.3, 0.4) is 0 Å². The summed E-state index contributed by atoms with van der Waals surface area (Å²) in [5, 5.41) is 0. The summed E-state index contributed by atoms with van der Waals surface area (Å²) in [5.41, 5.74) is 1.71. The minimum Gasteiger partial charge on any atom is -0.286 e. The van der Waals surface area contributed by atoms with Gasteiger partial charge in [-0.25, -0.2) is 0 Å². The second-order valence-electron chi connectivity index (χ2n) is 5.97. The Bertz CT molecular complexity index is 340. The van der Waals surface area contributed by atoms with Crippen molar-refractivity contribution in [2.45, 2.75) is 39.3 Å². The van der Waals surface area contributed by atoms with E-state index >= 15 is 0 Å². The van der Waals surface area contributed by atoms with Gasteiger partial charge in [-0.05, 0) is 32.8 Å². The predicted octanol–water partition coefficient (Wildman–Crippen LogP) is 2.95. The molecule has 0 bridgehead atoms. The van der Waals surface area contributed by atoms with Crippen LogP contribution in [0.15, 0.2) is 30.3 Å². The first kappa shape index (κ1) is 12.6. The van der Waals surface area contributed by atoms with Gasteiger partial charge in [0, 0.05) is 25.2 Å². The van der Waals surface area contributed by atoms with Crippen molar-refractivity contribution in [2.24, 2.45) is 0 Å².